The fourth-order valence-corrected chi connectivity index (χ4v) is 2.20. The molecule has 1 aliphatic rings. The molecule has 0 saturated heterocycles. The molecule has 0 fully saturated rings. The molecular formula is C15H12N4O6. The molecule has 0 bridgehead atoms. The standard InChI is InChI=1S/C15H12N4O6/c20-18(21)11-2-3-12(13(8-11)19(22)23)17-16-9-10-1-4-14-15(7-10)25-6-5-24-14/h1-4,7-9,17H,5-6H2. The van der Waals surface area contributed by atoms with Gasteiger partial charge in [-0.1, -0.05) is 0 Å². The third-order valence-electron chi connectivity index (χ3n) is 3.35. The summed E-state index contributed by atoms with van der Waals surface area (Å²) in [5.41, 5.74) is 2.46. The Balaban J connectivity index is 1.78. The molecule has 1 aliphatic heterocycles. The fourth-order valence-electron chi connectivity index (χ4n) is 2.20. The Bertz CT molecular complexity index is 867. The number of anilines is 1. The summed E-state index contributed by atoms with van der Waals surface area (Å²) in [5, 5.41) is 25.7. The van der Waals surface area contributed by atoms with Crippen molar-refractivity contribution >= 4 is 23.3 Å². The minimum Gasteiger partial charge on any atom is -0.486 e. The second-order valence-corrected chi connectivity index (χ2v) is 4.99. The summed E-state index contributed by atoms with van der Waals surface area (Å²) >= 11 is 0. The van der Waals surface area contributed by atoms with Crippen molar-refractivity contribution in [3.63, 3.8) is 0 Å². The molecule has 1 N–H and O–H groups in total. The van der Waals surface area contributed by atoms with E-state index in [1.807, 2.05) is 0 Å². The van der Waals surface area contributed by atoms with Crippen LogP contribution in [-0.4, -0.2) is 29.3 Å². The van der Waals surface area contributed by atoms with Crippen molar-refractivity contribution in [3.05, 3.63) is 62.2 Å². The first-order valence-electron chi connectivity index (χ1n) is 7.16. The molecule has 0 spiro atoms. The fraction of sp³-hybridized carbons (Fsp3) is 0.133. The Morgan fingerprint density at radius 3 is 2.48 bits per heavy atom. The molecule has 0 atom stereocenters. The Morgan fingerprint density at radius 1 is 1.00 bits per heavy atom. The average Bonchev–Trinajstić information content (AvgIpc) is 2.61. The molecule has 0 saturated carbocycles. The van der Waals surface area contributed by atoms with Gasteiger partial charge in [-0.15, -0.1) is 0 Å². The van der Waals surface area contributed by atoms with E-state index in [-0.39, 0.29) is 11.4 Å². The number of ether oxygens (including phenoxy) is 2. The second kappa shape index (κ2) is 6.83. The highest BCUT2D eigenvalue weighted by Crippen LogP contribution is 2.31. The van der Waals surface area contributed by atoms with Crippen molar-refractivity contribution in [1.82, 2.24) is 0 Å². The van der Waals surface area contributed by atoms with Crippen LogP contribution in [0.3, 0.4) is 0 Å². The lowest BCUT2D eigenvalue weighted by atomic mass is 10.2. The van der Waals surface area contributed by atoms with Gasteiger partial charge >= 0.3 is 5.69 Å². The molecule has 0 aromatic heterocycles. The van der Waals surface area contributed by atoms with Gasteiger partial charge in [0.1, 0.15) is 18.9 Å². The summed E-state index contributed by atoms with van der Waals surface area (Å²) in [5.74, 6) is 1.24. The third kappa shape index (κ3) is 3.63. The van der Waals surface area contributed by atoms with E-state index < -0.39 is 15.5 Å². The van der Waals surface area contributed by atoms with E-state index in [9.17, 15) is 20.2 Å². The van der Waals surface area contributed by atoms with E-state index in [2.05, 4.69) is 10.5 Å². The normalized spacial score (nSPS) is 12.8. The number of hydrogen-bond donors (Lipinski definition) is 1. The molecule has 3 rings (SSSR count). The monoisotopic (exact) mass is 344 g/mol. The molecule has 0 radical (unpaired) electrons. The zero-order valence-electron chi connectivity index (χ0n) is 12.7. The van der Waals surface area contributed by atoms with Crippen molar-refractivity contribution in [2.45, 2.75) is 0 Å². The zero-order valence-corrected chi connectivity index (χ0v) is 12.7. The largest absolute Gasteiger partial charge is 0.486 e. The first-order chi connectivity index (χ1) is 12.0. The minimum absolute atomic E-state index is 0.0457. The van der Waals surface area contributed by atoms with E-state index in [1.165, 1.54) is 12.3 Å². The highest BCUT2D eigenvalue weighted by Gasteiger charge is 2.19. The van der Waals surface area contributed by atoms with Gasteiger partial charge in [-0.2, -0.15) is 5.10 Å². The number of fused-ring (bicyclic) bond motifs is 1. The molecule has 25 heavy (non-hydrogen) atoms. The number of nitro groups is 2. The maximum absolute atomic E-state index is 11.1. The van der Waals surface area contributed by atoms with Gasteiger partial charge in [-0.05, 0) is 29.8 Å². The highest BCUT2D eigenvalue weighted by molar-refractivity contribution is 5.82. The molecule has 128 valence electrons. The average molecular weight is 344 g/mol. The summed E-state index contributed by atoms with van der Waals surface area (Å²) in [6, 6.07) is 8.49. The SMILES string of the molecule is O=[N+]([O-])c1ccc(NN=Cc2ccc3c(c2)OCCO3)c([N+](=O)[O-])c1. The van der Waals surface area contributed by atoms with E-state index in [0.29, 0.717) is 30.3 Å². The van der Waals surface area contributed by atoms with E-state index in [0.717, 1.165) is 12.1 Å². The Kier molecular flexibility index (Phi) is 4.42. The Labute approximate surface area is 141 Å². The Hall–Kier alpha value is -3.69. The maximum atomic E-state index is 11.1. The summed E-state index contributed by atoms with van der Waals surface area (Å²) in [6.07, 6.45) is 1.45. The van der Waals surface area contributed by atoms with E-state index >= 15 is 0 Å². The molecule has 10 heteroatoms. The molecule has 1 heterocycles. The quantitative estimate of drug-likeness (QED) is 0.501. The van der Waals surface area contributed by atoms with Crippen LogP contribution in [0.5, 0.6) is 11.5 Å². The Morgan fingerprint density at radius 2 is 1.76 bits per heavy atom. The lowest BCUT2D eigenvalue weighted by Crippen LogP contribution is -2.15. The highest BCUT2D eigenvalue weighted by atomic mass is 16.6. The van der Waals surface area contributed by atoms with Crippen LogP contribution in [-0.2, 0) is 0 Å². The second-order valence-electron chi connectivity index (χ2n) is 4.99. The van der Waals surface area contributed by atoms with Crippen molar-refractivity contribution < 1.29 is 19.3 Å². The predicted octanol–water partition coefficient (Wildman–Crippen LogP) is 2.72. The van der Waals surface area contributed by atoms with Gasteiger partial charge in [-0.3, -0.25) is 25.7 Å². The topological polar surface area (TPSA) is 129 Å². The summed E-state index contributed by atoms with van der Waals surface area (Å²) < 4.78 is 10.9. The lowest BCUT2D eigenvalue weighted by Gasteiger charge is -2.18. The molecule has 2 aromatic carbocycles. The minimum atomic E-state index is -0.713. The van der Waals surface area contributed by atoms with Crippen molar-refractivity contribution in [3.8, 4) is 11.5 Å². The smallest absolute Gasteiger partial charge is 0.301 e. The van der Waals surface area contributed by atoms with Crippen LogP contribution >= 0.6 is 0 Å². The van der Waals surface area contributed by atoms with Crippen LogP contribution in [0.1, 0.15) is 5.56 Å². The van der Waals surface area contributed by atoms with Gasteiger partial charge < -0.3 is 9.47 Å². The van der Waals surface area contributed by atoms with Crippen molar-refractivity contribution in [1.29, 1.82) is 0 Å². The third-order valence-corrected chi connectivity index (χ3v) is 3.35. The van der Waals surface area contributed by atoms with Crippen LogP contribution in [0, 0.1) is 20.2 Å². The number of hydrazone groups is 1. The van der Waals surface area contributed by atoms with Crippen molar-refractivity contribution in [2.24, 2.45) is 5.10 Å². The van der Waals surface area contributed by atoms with Gasteiger partial charge in [-0.25, -0.2) is 0 Å². The van der Waals surface area contributed by atoms with Crippen LogP contribution in [0.2, 0.25) is 0 Å². The van der Waals surface area contributed by atoms with Crippen LogP contribution in [0.4, 0.5) is 17.1 Å². The van der Waals surface area contributed by atoms with Crippen molar-refractivity contribution in [2.75, 3.05) is 18.6 Å². The number of nitrogens with one attached hydrogen (secondary N) is 1. The maximum Gasteiger partial charge on any atom is 0.301 e. The first kappa shape index (κ1) is 16.2. The summed E-state index contributed by atoms with van der Waals surface area (Å²) in [4.78, 5) is 20.4. The lowest BCUT2D eigenvalue weighted by molar-refractivity contribution is -0.393. The first-order valence-corrected chi connectivity index (χ1v) is 7.16. The van der Waals surface area contributed by atoms with E-state index in [4.69, 9.17) is 9.47 Å². The molecule has 0 aliphatic carbocycles. The number of nitrogens with zero attached hydrogens (tertiary/aromatic N) is 3. The number of benzene rings is 2. The zero-order chi connectivity index (χ0) is 17.8. The molecule has 0 amide bonds. The summed E-state index contributed by atoms with van der Waals surface area (Å²) in [6.45, 7) is 0.951. The molecule has 0 unspecified atom stereocenters. The van der Waals surface area contributed by atoms with Gasteiger partial charge in [0.25, 0.3) is 5.69 Å². The van der Waals surface area contributed by atoms with Gasteiger partial charge in [0.2, 0.25) is 0 Å². The molecule has 2 aromatic rings. The van der Waals surface area contributed by atoms with Crippen LogP contribution in [0.15, 0.2) is 41.5 Å². The van der Waals surface area contributed by atoms with Crippen LogP contribution in [0.25, 0.3) is 0 Å². The van der Waals surface area contributed by atoms with Gasteiger partial charge in [0, 0.05) is 6.07 Å². The van der Waals surface area contributed by atoms with E-state index in [1.54, 1.807) is 18.2 Å². The molecule has 10 nitrogen and oxygen atoms in total. The number of rotatable bonds is 5. The number of nitro benzene ring substituents is 2. The van der Waals surface area contributed by atoms with Crippen LogP contribution < -0.4 is 14.9 Å². The molecular weight excluding hydrogens is 332 g/mol. The van der Waals surface area contributed by atoms with Gasteiger partial charge in [0.05, 0.1) is 22.1 Å². The van der Waals surface area contributed by atoms with Gasteiger partial charge in [0.15, 0.2) is 11.5 Å². The predicted molar refractivity (Wildman–Crippen MR) is 88.4 cm³/mol. The summed E-state index contributed by atoms with van der Waals surface area (Å²) in [7, 11) is 0. The number of hydrogen-bond acceptors (Lipinski definition) is 8. The number of non-ortho nitro benzene ring substituents is 1.